The molecule has 1 unspecified atom stereocenters. The Kier molecular flexibility index (Phi) is 15.4. The molecule has 0 amide bonds. The molecule has 2 heteroatoms. The zero-order valence-corrected chi connectivity index (χ0v) is 15.6. The third kappa shape index (κ3) is 14.7. The maximum absolute atomic E-state index is 6.10. The zero-order chi connectivity index (χ0) is 13.9. The van der Waals surface area contributed by atoms with E-state index in [1.165, 1.54) is 70.6 Å². The summed E-state index contributed by atoms with van der Waals surface area (Å²) < 4.78 is 0. The van der Waals surface area contributed by atoms with Gasteiger partial charge in [0.05, 0.1) is 0 Å². The van der Waals surface area contributed by atoms with Crippen molar-refractivity contribution in [1.29, 1.82) is 0 Å². The second kappa shape index (κ2) is 13.4. The van der Waals surface area contributed by atoms with Crippen molar-refractivity contribution in [3.8, 4) is 0 Å². The van der Waals surface area contributed by atoms with Crippen LogP contribution in [0.2, 0.25) is 0 Å². The van der Waals surface area contributed by atoms with Crippen molar-refractivity contribution in [3.63, 3.8) is 0 Å². The standard InChI is InChI=1S/C17H37N.BrH/c1-5-6-7-8-9-10-11-12-13-14-15-16(2)17(3,4)18;/h16H,5-15,18H2,1-4H3;1H. The van der Waals surface area contributed by atoms with Crippen LogP contribution >= 0.6 is 17.0 Å². The Balaban J connectivity index is 0. The van der Waals surface area contributed by atoms with E-state index < -0.39 is 0 Å². The van der Waals surface area contributed by atoms with E-state index in [4.69, 9.17) is 5.73 Å². The minimum Gasteiger partial charge on any atom is -0.325 e. The second-order valence-corrected chi connectivity index (χ2v) is 6.69. The summed E-state index contributed by atoms with van der Waals surface area (Å²) >= 11 is 0. The first kappa shape index (κ1) is 21.7. The first-order chi connectivity index (χ1) is 8.48. The normalized spacial score (nSPS) is 13.1. The van der Waals surface area contributed by atoms with Gasteiger partial charge in [0.25, 0.3) is 0 Å². The van der Waals surface area contributed by atoms with Gasteiger partial charge in [-0.1, -0.05) is 78.1 Å². The summed E-state index contributed by atoms with van der Waals surface area (Å²) in [5.74, 6) is 0.645. The fourth-order valence-corrected chi connectivity index (χ4v) is 2.31. The molecule has 2 N–H and O–H groups in total. The number of hydrogen-bond donors (Lipinski definition) is 1. The van der Waals surface area contributed by atoms with E-state index in [-0.39, 0.29) is 22.5 Å². The Bertz CT molecular complexity index is 175. The molecule has 0 aromatic rings. The van der Waals surface area contributed by atoms with Gasteiger partial charge in [-0.15, -0.1) is 17.0 Å². The minimum absolute atomic E-state index is 0. The SMILES string of the molecule is Br.CCCCCCCCCCCCC(C)C(C)(C)N. The van der Waals surface area contributed by atoms with Gasteiger partial charge in [-0.3, -0.25) is 0 Å². The Morgan fingerprint density at radius 2 is 1.16 bits per heavy atom. The molecule has 0 radical (unpaired) electrons. The molecular weight excluding hydrogens is 298 g/mol. The largest absolute Gasteiger partial charge is 0.325 e. The Morgan fingerprint density at radius 1 is 0.789 bits per heavy atom. The summed E-state index contributed by atoms with van der Waals surface area (Å²) in [4.78, 5) is 0. The molecular formula is C17H38BrN. The van der Waals surface area contributed by atoms with Crippen molar-refractivity contribution in [3.05, 3.63) is 0 Å². The van der Waals surface area contributed by atoms with Gasteiger partial charge in [-0.05, 0) is 26.2 Å². The fraction of sp³-hybridized carbons (Fsp3) is 1.00. The number of nitrogens with two attached hydrogens (primary N) is 1. The second-order valence-electron chi connectivity index (χ2n) is 6.69. The average Bonchev–Trinajstić information content (AvgIpc) is 2.30. The Labute approximate surface area is 132 Å². The van der Waals surface area contributed by atoms with Gasteiger partial charge in [-0.2, -0.15) is 0 Å². The molecule has 0 saturated carbocycles. The third-order valence-corrected chi connectivity index (χ3v) is 4.26. The van der Waals surface area contributed by atoms with Crippen molar-refractivity contribution in [2.75, 3.05) is 0 Å². The molecule has 0 aromatic carbocycles. The van der Waals surface area contributed by atoms with Gasteiger partial charge in [0.2, 0.25) is 0 Å². The third-order valence-electron chi connectivity index (χ3n) is 4.26. The lowest BCUT2D eigenvalue weighted by molar-refractivity contribution is 0.316. The van der Waals surface area contributed by atoms with Crippen LogP contribution in [0.1, 0.15) is 98.3 Å². The molecule has 0 aliphatic heterocycles. The van der Waals surface area contributed by atoms with Gasteiger partial charge in [0, 0.05) is 5.54 Å². The summed E-state index contributed by atoms with van der Waals surface area (Å²) in [5.41, 5.74) is 6.10. The van der Waals surface area contributed by atoms with Crippen LogP contribution in [-0.2, 0) is 0 Å². The van der Waals surface area contributed by atoms with Crippen LogP contribution in [0.4, 0.5) is 0 Å². The summed E-state index contributed by atoms with van der Waals surface area (Å²) in [6.45, 7) is 8.86. The minimum atomic E-state index is -0.000717. The number of hydrogen-bond acceptors (Lipinski definition) is 1. The van der Waals surface area contributed by atoms with E-state index >= 15 is 0 Å². The lowest BCUT2D eigenvalue weighted by Crippen LogP contribution is -2.39. The van der Waals surface area contributed by atoms with E-state index in [0.29, 0.717) is 5.92 Å². The molecule has 0 aliphatic carbocycles. The van der Waals surface area contributed by atoms with Crippen LogP contribution in [0.15, 0.2) is 0 Å². The molecule has 0 saturated heterocycles. The Hall–Kier alpha value is 0.440. The van der Waals surface area contributed by atoms with Crippen LogP contribution in [0.5, 0.6) is 0 Å². The predicted octanol–water partition coefficient (Wildman–Crippen LogP) is 6.25. The quantitative estimate of drug-likeness (QED) is 0.419. The molecule has 0 fully saturated rings. The van der Waals surface area contributed by atoms with Crippen LogP contribution in [0, 0.1) is 5.92 Å². The molecule has 19 heavy (non-hydrogen) atoms. The van der Waals surface area contributed by atoms with Crippen LogP contribution in [0.25, 0.3) is 0 Å². The first-order valence-electron chi connectivity index (χ1n) is 8.27. The molecule has 0 spiro atoms. The summed E-state index contributed by atoms with van der Waals surface area (Å²) in [7, 11) is 0. The van der Waals surface area contributed by atoms with Gasteiger partial charge in [0.15, 0.2) is 0 Å². The van der Waals surface area contributed by atoms with Gasteiger partial charge in [-0.25, -0.2) is 0 Å². The van der Waals surface area contributed by atoms with Crippen LogP contribution in [0.3, 0.4) is 0 Å². The first-order valence-corrected chi connectivity index (χ1v) is 8.27. The van der Waals surface area contributed by atoms with E-state index in [1.54, 1.807) is 0 Å². The van der Waals surface area contributed by atoms with Crippen molar-refractivity contribution in [1.82, 2.24) is 0 Å². The monoisotopic (exact) mass is 335 g/mol. The molecule has 1 atom stereocenters. The van der Waals surface area contributed by atoms with E-state index in [2.05, 4.69) is 27.7 Å². The highest BCUT2D eigenvalue weighted by Crippen LogP contribution is 2.20. The highest BCUT2D eigenvalue weighted by Gasteiger charge is 2.19. The highest BCUT2D eigenvalue weighted by atomic mass is 79.9. The molecule has 0 aliphatic rings. The summed E-state index contributed by atoms with van der Waals surface area (Å²) in [6.07, 6.45) is 15.5. The summed E-state index contributed by atoms with van der Waals surface area (Å²) in [5, 5.41) is 0. The molecule has 0 bridgehead atoms. The smallest absolute Gasteiger partial charge is 0.0123 e. The van der Waals surface area contributed by atoms with Crippen molar-refractivity contribution in [2.24, 2.45) is 11.7 Å². The van der Waals surface area contributed by atoms with Gasteiger partial charge in [0.1, 0.15) is 0 Å². The predicted molar refractivity (Wildman–Crippen MR) is 94.2 cm³/mol. The topological polar surface area (TPSA) is 26.0 Å². The molecule has 1 nitrogen and oxygen atoms in total. The van der Waals surface area contributed by atoms with E-state index in [9.17, 15) is 0 Å². The lowest BCUT2D eigenvalue weighted by atomic mass is 9.86. The van der Waals surface area contributed by atoms with Gasteiger partial charge < -0.3 is 5.73 Å². The highest BCUT2D eigenvalue weighted by molar-refractivity contribution is 8.93. The van der Waals surface area contributed by atoms with Crippen molar-refractivity contribution in [2.45, 2.75) is 104 Å². The summed E-state index contributed by atoms with van der Waals surface area (Å²) in [6, 6.07) is 0. The van der Waals surface area contributed by atoms with Crippen molar-refractivity contribution >= 4 is 17.0 Å². The number of rotatable bonds is 12. The van der Waals surface area contributed by atoms with Crippen LogP contribution < -0.4 is 5.73 Å². The maximum Gasteiger partial charge on any atom is 0.0123 e. The lowest BCUT2D eigenvalue weighted by Gasteiger charge is -2.27. The molecule has 0 rings (SSSR count). The van der Waals surface area contributed by atoms with E-state index in [1.807, 2.05) is 0 Å². The van der Waals surface area contributed by atoms with E-state index in [0.717, 1.165) is 0 Å². The molecule has 0 aromatic heterocycles. The van der Waals surface area contributed by atoms with Crippen LogP contribution in [-0.4, -0.2) is 5.54 Å². The van der Waals surface area contributed by atoms with Gasteiger partial charge >= 0.3 is 0 Å². The fourth-order valence-electron chi connectivity index (χ4n) is 2.31. The van der Waals surface area contributed by atoms with Crippen molar-refractivity contribution < 1.29 is 0 Å². The number of halogens is 1. The maximum atomic E-state index is 6.10. The zero-order valence-electron chi connectivity index (χ0n) is 13.8. The number of unbranched alkanes of at least 4 members (excludes halogenated alkanes) is 9. The average molecular weight is 336 g/mol. The Morgan fingerprint density at radius 3 is 1.53 bits per heavy atom. The molecule has 118 valence electrons. The molecule has 0 heterocycles.